The minimum atomic E-state index is -0.647. The van der Waals surface area contributed by atoms with Crippen molar-refractivity contribution in [3.63, 3.8) is 0 Å². The molecule has 150 valence electrons. The lowest BCUT2D eigenvalue weighted by Gasteiger charge is -2.16. The van der Waals surface area contributed by atoms with Crippen LogP contribution in [0.15, 0.2) is 42.5 Å². The molecule has 8 nitrogen and oxygen atoms in total. The van der Waals surface area contributed by atoms with Crippen molar-refractivity contribution in [1.82, 2.24) is 0 Å². The third-order valence-electron chi connectivity index (χ3n) is 4.55. The molecule has 0 spiro atoms. The summed E-state index contributed by atoms with van der Waals surface area (Å²) in [6, 6.07) is 10.8. The smallest absolute Gasteiger partial charge is 0.337 e. The van der Waals surface area contributed by atoms with Crippen LogP contribution >= 0.6 is 0 Å². The Bertz CT molecular complexity index is 933. The van der Waals surface area contributed by atoms with Crippen LogP contribution in [0.5, 0.6) is 0 Å². The molecule has 2 aromatic carbocycles. The van der Waals surface area contributed by atoms with Gasteiger partial charge in [0.05, 0.1) is 25.3 Å². The lowest BCUT2D eigenvalue weighted by atomic mass is 10.1. The fourth-order valence-corrected chi connectivity index (χ4v) is 3.09. The van der Waals surface area contributed by atoms with Gasteiger partial charge in [-0.2, -0.15) is 0 Å². The highest BCUT2D eigenvalue weighted by Gasteiger charge is 2.22. The van der Waals surface area contributed by atoms with Crippen LogP contribution in [0.25, 0.3) is 0 Å². The molecule has 0 bridgehead atoms. The first-order valence-corrected chi connectivity index (χ1v) is 8.96. The second-order valence-electron chi connectivity index (χ2n) is 6.43. The van der Waals surface area contributed by atoms with Gasteiger partial charge in [-0.25, -0.2) is 9.59 Å². The molecule has 1 saturated heterocycles. The number of anilines is 2. The van der Waals surface area contributed by atoms with E-state index in [1.807, 2.05) is 0 Å². The SMILES string of the molecule is COC(=O)c1cc(NC(=O)c2ccc(N3CCCC3=O)cc2)cc(C(=O)OC)c1. The highest BCUT2D eigenvalue weighted by atomic mass is 16.5. The van der Waals surface area contributed by atoms with Gasteiger partial charge in [-0.05, 0) is 48.9 Å². The summed E-state index contributed by atoms with van der Waals surface area (Å²) in [7, 11) is 2.44. The maximum atomic E-state index is 12.6. The highest BCUT2D eigenvalue weighted by Crippen LogP contribution is 2.22. The van der Waals surface area contributed by atoms with Crippen molar-refractivity contribution in [3.05, 3.63) is 59.2 Å². The number of carbonyl (C=O) groups is 4. The molecule has 2 amide bonds. The van der Waals surface area contributed by atoms with E-state index in [1.54, 1.807) is 29.2 Å². The van der Waals surface area contributed by atoms with E-state index >= 15 is 0 Å². The van der Waals surface area contributed by atoms with E-state index in [0.29, 0.717) is 18.5 Å². The van der Waals surface area contributed by atoms with Gasteiger partial charge in [0.15, 0.2) is 0 Å². The summed E-state index contributed by atoms with van der Waals surface area (Å²) >= 11 is 0. The maximum absolute atomic E-state index is 12.6. The predicted octanol–water partition coefficient (Wildman–Crippen LogP) is 2.64. The Morgan fingerprint density at radius 2 is 1.48 bits per heavy atom. The molecular formula is C21H20N2O6. The van der Waals surface area contributed by atoms with Gasteiger partial charge in [-0.3, -0.25) is 9.59 Å². The van der Waals surface area contributed by atoms with Gasteiger partial charge >= 0.3 is 11.9 Å². The molecule has 0 aromatic heterocycles. The number of rotatable bonds is 5. The number of ether oxygens (including phenoxy) is 2. The number of methoxy groups -OCH3 is 2. The summed E-state index contributed by atoms with van der Waals surface area (Å²) in [4.78, 5) is 49.8. The monoisotopic (exact) mass is 396 g/mol. The van der Waals surface area contributed by atoms with Crippen LogP contribution < -0.4 is 10.2 Å². The van der Waals surface area contributed by atoms with Crippen molar-refractivity contribution >= 4 is 35.1 Å². The van der Waals surface area contributed by atoms with E-state index in [-0.39, 0.29) is 22.7 Å². The van der Waals surface area contributed by atoms with Gasteiger partial charge < -0.3 is 19.7 Å². The third kappa shape index (κ3) is 4.43. The molecular weight excluding hydrogens is 376 g/mol. The Kier molecular flexibility index (Phi) is 5.92. The number of benzene rings is 2. The predicted molar refractivity (Wildman–Crippen MR) is 105 cm³/mol. The van der Waals surface area contributed by atoms with E-state index < -0.39 is 17.8 Å². The van der Waals surface area contributed by atoms with Crippen LogP contribution in [0.2, 0.25) is 0 Å². The Morgan fingerprint density at radius 3 is 1.97 bits per heavy atom. The lowest BCUT2D eigenvalue weighted by molar-refractivity contribution is -0.117. The Morgan fingerprint density at radius 1 is 0.897 bits per heavy atom. The van der Waals surface area contributed by atoms with E-state index in [1.165, 1.54) is 32.4 Å². The molecule has 1 fully saturated rings. The number of hydrogen-bond acceptors (Lipinski definition) is 6. The van der Waals surface area contributed by atoms with Gasteiger partial charge in [-0.15, -0.1) is 0 Å². The first-order valence-electron chi connectivity index (χ1n) is 8.96. The summed E-state index contributed by atoms with van der Waals surface area (Å²) in [5.74, 6) is -1.66. The second-order valence-corrected chi connectivity index (χ2v) is 6.43. The molecule has 1 N–H and O–H groups in total. The molecule has 1 heterocycles. The summed E-state index contributed by atoms with van der Waals surface area (Å²) in [6.45, 7) is 0.668. The van der Waals surface area contributed by atoms with Crippen LogP contribution in [-0.2, 0) is 14.3 Å². The molecule has 3 rings (SSSR count). The average molecular weight is 396 g/mol. The van der Waals surface area contributed by atoms with Gasteiger partial charge in [0.2, 0.25) is 5.91 Å². The van der Waals surface area contributed by atoms with Gasteiger partial charge in [-0.1, -0.05) is 0 Å². The fourth-order valence-electron chi connectivity index (χ4n) is 3.09. The van der Waals surface area contributed by atoms with E-state index in [2.05, 4.69) is 14.8 Å². The molecule has 29 heavy (non-hydrogen) atoms. The minimum Gasteiger partial charge on any atom is -0.465 e. The summed E-state index contributed by atoms with van der Waals surface area (Å²) in [5, 5.41) is 2.66. The number of nitrogens with one attached hydrogen (secondary N) is 1. The first-order chi connectivity index (χ1) is 13.9. The summed E-state index contributed by atoms with van der Waals surface area (Å²) < 4.78 is 9.37. The van der Waals surface area contributed by atoms with Gasteiger partial charge in [0.25, 0.3) is 5.91 Å². The zero-order valence-corrected chi connectivity index (χ0v) is 16.1. The molecule has 8 heteroatoms. The van der Waals surface area contributed by atoms with E-state index in [9.17, 15) is 19.2 Å². The number of hydrogen-bond donors (Lipinski definition) is 1. The van der Waals surface area contributed by atoms with Crippen LogP contribution in [0, 0.1) is 0 Å². The Hall–Kier alpha value is -3.68. The Labute approximate surface area is 167 Å². The van der Waals surface area contributed by atoms with Crippen LogP contribution in [0.4, 0.5) is 11.4 Å². The largest absolute Gasteiger partial charge is 0.465 e. The molecule has 0 unspecified atom stereocenters. The summed E-state index contributed by atoms with van der Waals surface area (Å²) in [5.41, 5.74) is 1.56. The van der Waals surface area contributed by atoms with Gasteiger partial charge in [0, 0.05) is 29.9 Å². The zero-order chi connectivity index (χ0) is 21.0. The highest BCUT2D eigenvalue weighted by molar-refractivity contribution is 6.06. The number of carbonyl (C=O) groups excluding carboxylic acids is 4. The standard InChI is InChI=1S/C21H20N2O6/c1-28-20(26)14-10-15(21(27)29-2)12-16(11-14)22-19(25)13-5-7-17(8-6-13)23-9-3-4-18(23)24/h5-8,10-12H,3-4,9H2,1-2H3,(H,22,25). The van der Waals surface area contributed by atoms with Crippen LogP contribution in [-0.4, -0.2) is 44.5 Å². The topological polar surface area (TPSA) is 102 Å². The molecule has 1 aliphatic rings. The molecule has 0 atom stereocenters. The normalized spacial score (nSPS) is 13.2. The van der Waals surface area contributed by atoms with Crippen LogP contribution in [0.1, 0.15) is 43.9 Å². The second kappa shape index (κ2) is 8.55. The number of nitrogens with zero attached hydrogens (tertiary/aromatic N) is 1. The fraction of sp³-hybridized carbons (Fsp3) is 0.238. The maximum Gasteiger partial charge on any atom is 0.337 e. The van der Waals surface area contributed by atoms with Crippen molar-refractivity contribution in [2.45, 2.75) is 12.8 Å². The van der Waals surface area contributed by atoms with Gasteiger partial charge in [0.1, 0.15) is 0 Å². The van der Waals surface area contributed by atoms with Crippen molar-refractivity contribution in [2.24, 2.45) is 0 Å². The average Bonchev–Trinajstić information content (AvgIpc) is 3.18. The molecule has 1 aliphatic heterocycles. The number of amides is 2. The third-order valence-corrected chi connectivity index (χ3v) is 4.55. The molecule has 0 radical (unpaired) electrons. The Balaban J connectivity index is 1.81. The summed E-state index contributed by atoms with van der Waals surface area (Å²) in [6.07, 6.45) is 1.35. The minimum absolute atomic E-state index is 0.0668. The zero-order valence-electron chi connectivity index (χ0n) is 16.1. The van der Waals surface area contributed by atoms with Crippen LogP contribution in [0.3, 0.4) is 0 Å². The lowest BCUT2D eigenvalue weighted by Crippen LogP contribution is -2.23. The van der Waals surface area contributed by atoms with E-state index in [0.717, 1.165) is 12.1 Å². The molecule has 0 aliphatic carbocycles. The van der Waals surface area contributed by atoms with Crippen molar-refractivity contribution in [1.29, 1.82) is 0 Å². The van der Waals surface area contributed by atoms with E-state index in [4.69, 9.17) is 0 Å². The van der Waals surface area contributed by atoms with Crippen molar-refractivity contribution in [2.75, 3.05) is 31.0 Å². The first kappa shape index (κ1) is 20.1. The van der Waals surface area contributed by atoms with Crippen molar-refractivity contribution < 1.29 is 28.7 Å². The molecule has 0 saturated carbocycles. The van der Waals surface area contributed by atoms with Crippen molar-refractivity contribution in [3.8, 4) is 0 Å². The number of esters is 2. The molecule has 2 aromatic rings. The quantitative estimate of drug-likeness (QED) is 0.780.